The van der Waals surface area contributed by atoms with Crippen LogP contribution < -0.4 is 15.2 Å². The van der Waals surface area contributed by atoms with Crippen molar-refractivity contribution in [1.29, 1.82) is 0 Å². The van der Waals surface area contributed by atoms with E-state index in [-0.39, 0.29) is 0 Å². The summed E-state index contributed by atoms with van der Waals surface area (Å²) < 4.78 is 11.2. The van der Waals surface area contributed by atoms with Gasteiger partial charge >= 0.3 is 0 Å². The van der Waals surface area contributed by atoms with Crippen LogP contribution in [0.3, 0.4) is 0 Å². The van der Waals surface area contributed by atoms with Gasteiger partial charge in [-0.2, -0.15) is 0 Å². The predicted octanol–water partition coefficient (Wildman–Crippen LogP) is 4.08. The maximum Gasteiger partial charge on any atom is 0.141 e. The van der Waals surface area contributed by atoms with Crippen molar-refractivity contribution in [2.75, 3.05) is 13.7 Å². The summed E-state index contributed by atoms with van der Waals surface area (Å²) in [5, 5.41) is 1.06. The highest BCUT2D eigenvalue weighted by Crippen LogP contribution is 2.33. The summed E-state index contributed by atoms with van der Waals surface area (Å²) in [6, 6.07) is 11.2. The molecule has 3 nitrogen and oxygen atoms in total. The summed E-state index contributed by atoms with van der Waals surface area (Å²) in [4.78, 5) is 0. The molecule has 2 aromatic carbocycles. The van der Waals surface area contributed by atoms with Crippen molar-refractivity contribution in [3.05, 3.63) is 57.6 Å². The number of rotatable bonds is 6. The number of hydrogen-bond acceptors (Lipinski definition) is 3. The SMILES string of the molecule is COc1ccccc1COc1c(Cl)cc(Cl)cc1CCN. The van der Waals surface area contributed by atoms with Crippen LogP contribution in [-0.4, -0.2) is 13.7 Å². The third-order valence-electron chi connectivity index (χ3n) is 3.06. The number of benzene rings is 2. The van der Waals surface area contributed by atoms with Crippen molar-refractivity contribution >= 4 is 23.2 Å². The van der Waals surface area contributed by atoms with Crippen LogP contribution in [0.15, 0.2) is 36.4 Å². The molecule has 2 N–H and O–H groups in total. The standard InChI is InChI=1S/C16H17Cl2NO2/c1-20-15-5-3-2-4-12(15)10-21-16-11(6-7-19)8-13(17)9-14(16)18/h2-5,8-9H,6-7,10,19H2,1H3. The quantitative estimate of drug-likeness (QED) is 0.870. The molecule has 112 valence electrons. The molecule has 2 rings (SSSR count). The van der Waals surface area contributed by atoms with Gasteiger partial charge in [0.2, 0.25) is 0 Å². The predicted molar refractivity (Wildman–Crippen MR) is 86.5 cm³/mol. The van der Waals surface area contributed by atoms with Crippen molar-refractivity contribution < 1.29 is 9.47 Å². The van der Waals surface area contributed by atoms with E-state index in [1.165, 1.54) is 0 Å². The molecule has 0 heterocycles. The molecule has 0 aliphatic carbocycles. The molecule has 5 heteroatoms. The first-order valence-electron chi connectivity index (χ1n) is 6.58. The average molecular weight is 326 g/mol. The van der Waals surface area contributed by atoms with E-state index in [2.05, 4.69) is 0 Å². The zero-order chi connectivity index (χ0) is 15.2. The van der Waals surface area contributed by atoms with Crippen LogP contribution in [0.25, 0.3) is 0 Å². The molecule has 0 atom stereocenters. The van der Waals surface area contributed by atoms with E-state index in [1.807, 2.05) is 30.3 Å². The van der Waals surface area contributed by atoms with E-state index in [1.54, 1.807) is 13.2 Å². The summed E-state index contributed by atoms with van der Waals surface area (Å²) in [6.45, 7) is 0.866. The van der Waals surface area contributed by atoms with E-state index in [9.17, 15) is 0 Å². The van der Waals surface area contributed by atoms with Crippen LogP contribution in [0.5, 0.6) is 11.5 Å². The van der Waals surface area contributed by atoms with Gasteiger partial charge in [-0.05, 0) is 36.7 Å². The summed E-state index contributed by atoms with van der Waals surface area (Å²) in [6.07, 6.45) is 0.654. The van der Waals surface area contributed by atoms with Gasteiger partial charge in [0.25, 0.3) is 0 Å². The lowest BCUT2D eigenvalue weighted by Gasteiger charge is -2.15. The molecular formula is C16H17Cl2NO2. The Balaban J connectivity index is 2.23. The summed E-state index contributed by atoms with van der Waals surface area (Å²) >= 11 is 12.3. The Kier molecular flexibility index (Phi) is 5.74. The minimum absolute atomic E-state index is 0.364. The third-order valence-corrected chi connectivity index (χ3v) is 3.56. The van der Waals surface area contributed by atoms with Crippen LogP contribution in [0.2, 0.25) is 10.0 Å². The van der Waals surface area contributed by atoms with E-state index in [0.29, 0.717) is 35.4 Å². The second-order valence-electron chi connectivity index (χ2n) is 4.52. The fraction of sp³-hybridized carbons (Fsp3) is 0.250. The van der Waals surface area contributed by atoms with Gasteiger partial charge in [0.15, 0.2) is 0 Å². The molecule has 0 amide bonds. The van der Waals surface area contributed by atoms with E-state index in [0.717, 1.165) is 16.9 Å². The number of para-hydroxylation sites is 1. The number of methoxy groups -OCH3 is 1. The molecule has 2 aromatic rings. The zero-order valence-electron chi connectivity index (χ0n) is 11.7. The molecule has 0 unspecified atom stereocenters. The highest BCUT2D eigenvalue weighted by molar-refractivity contribution is 6.35. The van der Waals surface area contributed by atoms with Gasteiger partial charge < -0.3 is 15.2 Å². The van der Waals surface area contributed by atoms with E-state index < -0.39 is 0 Å². The van der Waals surface area contributed by atoms with Crippen LogP contribution in [0, 0.1) is 0 Å². The maximum absolute atomic E-state index is 6.23. The lowest BCUT2D eigenvalue weighted by atomic mass is 10.1. The maximum atomic E-state index is 6.23. The first-order valence-corrected chi connectivity index (χ1v) is 7.34. The van der Waals surface area contributed by atoms with Crippen LogP contribution in [0.1, 0.15) is 11.1 Å². The molecule has 0 fully saturated rings. The molecule has 0 aliphatic rings. The van der Waals surface area contributed by atoms with Crippen molar-refractivity contribution in [2.45, 2.75) is 13.0 Å². The van der Waals surface area contributed by atoms with Crippen LogP contribution in [-0.2, 0) is 13.0 Å². The zero-order valence-corrected chi connectivity index (χ0v) is 13.2. The van der Waals surface area contributed by atoms with Crippen LogP contribution in [0.4, 0.5) is 0 Å². The summed E-state index contributed by atoms with van der Waals surface area (Å²) in [5.41, 5.74) is 7.48. The van der Waals surface area contributed by atoms with Gasteiger partial charge in [0.05, 0.1) is 12.1 Å². The number of halogens is 2. The van der Waals surface area contributed by atoms with Gasteiger partial charge in [-0.25, -0.2) is 0 Å². The highest BCUT2D eigenvalue weighted by atomic mass is 35.5. The topological polar surface area (TPSA) is 44.5 Å². The molecule has 0 saturated carbocycles. The van der Waals surface area contributed by atoms with Gasteiger partial charge in [-0.3, -0.25) is 0 Å². The molecular weight excluding hydrogens is 309 g/mol. The fourth-order valence-corrected chi connectivity index (χ4v) is 2.68. The minimum atomic E-state index is 0.364. The molecule has 0 spiro atoms. The van der Waals surface area contributed by atoms with Gasteiger partial charge in [-0.15, -0.1) is 0 Å². The number of ether oxygens (including phenoxy) is 2. The fourth-order valence-electron chi connectivity index (χ4n) is 2.09. The van der Waals surface area contributed by atoms with Gasteiger partial charge in [0, 0.05) is 10.6 Å². The Morgan fingerprint density at radius 2 is 1.86 bits per heavy atom. The summed E-state index contributed by atoms with van der Waals surface area (Å²) in [7, 11) is 1.63. The molecule has 0 radical (unpaired) electrons. The van der Waals surface area contributed by atoms with E-state index in [4.69, 9.17) is 38.4 Å². The highest BCUT2D eigenvalue weighted by Gasteiger charge is 2.12. The average Bonchev–Trinajstić information content (AvgIpc) is 2.47. The lowest BCUT2D eigenvalue weighted by Crippen LogP contribution is -2.06. The Bertz CT molecular complexity index is 617. The second-order valence-corrected chi connectivity index (χ2v) is 5.36. The second kappa shape index (κ2) is 7.55. The molecule has 0 aliphatic heterocycles. The Morgan fingerprint density at radius 3 is 2.57 bits per heavy atom. The van der Waals surface area contributed by atoms with Crippen molar-refractivity contribution in [1.82, 2.24) is 0 Å². The monoisotopic (exact) mass is 325 g/mol. The normalized spacial score (nSPS) is 10.5. The number of hydrogen-bond donors (Lipinski definition) is 1. The van der Waals surface area contributed by atoms with Gasteiger partial charge in [-0.1, -0.05) is 41.4 Å². The largest absolute Gasteiger partial charge is 0.496 e. The first-order chi connectivity index (χ1) is 10.2. The third kappa shape index (κ3) is 4.03. The summed E-state index contributed by atoms with van der Waals surface area (Å²) in [5.74, 6) is 1.40. The Morgan fingerprint density at radius 1 is 1.10 bits per heavy atom. The molecule has 21 heavy (non-hydrogen) atoms. The van der Waals surface area contributed by atoms with Crippen molar-refractivity contribution in [2.24, 2.45) is 5.73 Å². The lowest BCUT2D eigenvalue weighted by molar-refractivity contribution is 0.294. The molecule has 0 bridgehead atoms. The molecule has 0 saturated heterocycles. The molecule has 0 aromatic heterocycles. The Labute approximate surface area is 134 Å². The Hall–Kier alpha value is -1.42. The van der Waals surface area contributed by atoms with Gasteiger partial charge in [0.1, 0.15) is 18.1 Å². The van der Waals surface area contributed by atoms with Crippen molar-refractivity contribution in [3.63, 3.8) is 0 Å². The van der Waals surface area contributed by atoms with E-state index >= 15 is 0 Å². The van der Waals surface area contributed by atoms with Crippen LogP contribution >= 0.6 is 23.2 Å². The minimum Gasteiger partial charge on any atom is -0.496 e. The smallest absolute Gasteiger partial charge is 0.141 e. The van der Waals surface area contributed by atoms with Crippen molar-refractivity contribution in [3.8, 4) is 11.5 Å². The first kappa shape index (κ1) is 16.0. The number of nitrogens with two attached hydrogens (primary N) is 1.